The molecule has 3 aromatic carbocycles. The average molecular weight is 398 g/mol. The van der Waals surface area contributed by atoms with Gasteiger partial charge in [-0.25, -0.2) is 9.97 Å². The summed E-state index contributed by atoms with van der Waals surface area (Å²) >= 11 is 6.10. The van der Waals surface area contributed by atoms with Crippen LogP contribution in [0.5, 0.6) is 0 Å². The predicted octanol–water partition coefficient (Wildman–Crippen LogP) is 6.10. The number of anilines is 1. The van der Waals surface area contributed by atoms with Crippen LogP contribution in [0.2, 0.25) is 5.02 Å². The number of nitrogens with zero attached hydrogens (tertiary/aromatic N) is 2. The molecule has 1 aromatic heterocycles. The van der Waals surface area contributed by atoms with E-state index in [4.69, 9.17) is 16.6 Å². The summed E-state index contributed by atoms with van der Waals surface area (Å²) in [7, 11) is 0. The first kappa shape index (κ1) is 17.9. The molecule has 0 aliphatic heterocycles. The van der Waals surface area contributed by atoms with Gasteiger partial charge < -0.3 is 5.32 Å². The Morgan fingerprint density at radius 1 is 0.897 bits per heavy atom. The van der Waals surface area contributed by atoms with Crippen molar-refractivity contribution in [1.82, 2.24) is 9.97 Å². The van der Waals surface area contributed by atoms with Gasteiger partial charge in [0.1, 0.15) is 0 Å². The van der Waals surface area contributed by atoms with Crippen molar-refractivity contribution in [2.75, 3.05) is 5.32 Å². The maximum Gasteiger partial charge on any atom is 0.223 e. The number of nitrogens with one attached hydrogen (secondary N) is 1. The van der Waals surface area contributed by atoms with Crippen LogP contribution in [-0.2, 0) is 13.0 Å². The van der Waals surface area contributed by atoms with Crippen molar-refractivity contribution in [2.24, 2.45) is 0 Å². The first-order valence-corrected chi connectivity index (χ1v) is 10.1. The van der Waals surface area contributed by atoms with E-state index in [9.17, 15) is 0 Å². The Balaban J connectivity index is 1.48. The number of benzene rings is 3. The molecule has 4 aromatic rings. The van der Waals surface area contributed by atoms with Crippen LogP contribution in [0, 0.1) is 0 Å². The molecule has 0 fully saturated rings. The second kappa shape index (κ2) is 7.69. The minimum Gasteiger partial charge on any atom is -0.350 e. The molecule has 4 heteroatoms. The number of hydrogen-bond donors (Lipinski definition) is 1. The highest BCUT2D eigenvalue weighted by Gasteiger charge is 2.27. The van der Waals surface area contributed by atoms with Crippen LogP contribution >= 0.6 is 11.6 Å². The summed E-state index contributed by atoms with van der Waals surface area (Å²) < 4.78 is 0. The van der Waals surface area contributed by atoms with Crippen molar-refractivity contribution in [3.8, 4) is 11.3 Å². The zero-order chi connectivity index (χ0) is 19.6. The van der Waals surface area contributed by atoms with E-state index >= 15 is 0 Å². The van der Waals surface area contributed by atoms with E-state index in [0.29, 0.717) is 12.5 Å². The lowest BCUT2D eigenvalue weighted by atomic mass is 9.78. The molecular formula is C25H20ClN3. The number of rotatable bonds is 4. The summed E-state index contributed by atoms with van der Waals surface area (Å²) in [5, 5.41) is 4.11. The molecule has 1 heterocycles. The molecule has 1 aliphatic carbocycles. The summed E-state index contributed by atoms with van der Waals surface area (Å²) in [6.07, 6.45) is 2.85. The first-order valence-electron chi connectivity index (χ1n) is 9.76. The molecule has 1 atom stereocenters. The van der Waals surface area contributed by atoms with Crippen LogP contribution in [0.15, 0.2) is 85.1 Å². The molecule has 5 rings (SSSR count). The van der Waals surface area contributed by atoms with Gasteiger partial charge in [0.25, 0.3) is 0 Å². The van der Waals surface area contributed by atoms with Gasteiger partial charge in [0.15, 0.2) is 0 Å². The summed E-state index contributed by atoms with van der Waals surface area (Å²) in [4.78, 5) is 9.45. The van der Waals surface area contributed by atoms with Gasteiger partial charge in [0.05, 0.1) is 5.69 Å². The third kappa shape index (κ3) is 3.62. The van der Waals surface area contributed by atoms with E-state index in [1.165, 1.54) is 27.8 Å². The highest BCUT2D eigenvalue weighted by atomic mass is 35.5. The molecule has 1 unspecified atom stereocenters. The van der Waals surface area contributed by atoms with Gasteiger partial charge in [-0.3, -0.25) is 0 Å². The smallest absolute Gasteiger partial charge is 0.223 e. The summed E-state index contributed by atoms with van der Waals surface area (Å²) in [6, 6.07) is 27.0. The molecule has 0 amide bonds. The van der Waals surface area contributed by atoms with Gasteiger partial charge in [-0.2, -0.15) is 0 Å². The maximum atomic E-state index is 6.10. The molecular weight excluding hydrogens is 378 g/mol. The highest BCUT2D eigenvalue weighted by molar-refractivity contribution is 6.30. The van der Waals surface area contributed by atoms with Crippen molar-refractivity contribution >= 4 is 17.5 Å². The molecule has 0 radical (unpaired) electrons. The SMILES string of the molecule is Clc1ccc(C2Cc3cnc(NCc4ccccc4)nc3-c3ccccc32)cc1. The fourth-order valence-corrected chi connectivity index (χ4v) is 4.12. The molecule has 0 saturated heterocycles. The van der Waals surface area contributed by atoms with Gasteiger partial charge in [-0.05, 0) is 40.8 Å². The quantitative estimate of drug-likeness (QED) is 0.452. The van der Waals surface area contributed by atoms with Crippen LogP contribution in [0.3, 0.4) is 0 Å². The Hall–Kier alpha value is -3.17. The largest absolute Gasteiger partial charge is 0.350 e. The summed E-state index contributed by atoms with van der Waals surface area (Å²) in [6.45, 7) is 0.703. The van der Waals surface area contributed by atoms with Gasteiger partial charge >= 0.3 is 0 Å². The Morgan fingerprint density at radius 3 is 2.48 bits per heavy atom. The standard InChI is InChI=1S/C25H20ClN3/c26-20-12-10-18(11-13-20)23-14-19-16-28-25(27-15-17-6-2-1-3-7-17)29-24(19)22-9-5-4-8-21(22)23/h1-13,16,23H,14-15H2,(H,27,28,29). The lowest BCUT2D eigenvalue weighted by molar-refractivity contribution is 0.781. The molecule has 142 valence electrons. The fourth-order valence-electron chi connectivity index (χ4n) is 3.99. The van der Waals surface area contributed by atoms with E-state index in [2.05, 4.69) is 58.8 Å². The summed E-state index contributed by atoms with van der Waals surface area (Å²) in [5.74, 6) is 0.940. The van der Waals surface area contributed by atoms with Crippen molar-refractivity contribution in [3.63, 3.8) is 0 Å². The van der Waals surface area contributed by atoms with Crippen LogP contribution in [-0.4, -0.2) is 9.97 Å². The third-order valence-electron chi connectivity index (χ3n) is 5.45. The number of aromatic nitrogens is 2. The number of hydrogen-bond acceptors (Lipinski definition) is 3. The zero-order valence-electron chi connectivity index (χ0n) is 15.8. The summed E-state index contributed by atoms with van der Waals surface area (Å²) in [5.41, 5.74) is 7.15. The zero-order valence-corrected chi connectivity index (χ0v) is 16.6. The molecule has 0 bridgehead atoms. The van der Waals surface area contributed by atoms with E-state index in [-0.39, 0.29) is 5.92 Å². The second-order valence-electron chi connectivity index (χ2n) is 7.30. The fraction of sp³-hybridized carbons (Fsp3) is 0.120. The van der Waals surface area contributed by atoms with Crippen molar-refractivity contribution < 1.29 is 0 Å². The molecule has 3 nitrogen and oxygen atoms in total. The maximum absolute atomic E-state index is 6.10. The van der Waals surface area contributed by atoms with Gasteiger partial charge in [0.2, 0.25) is 5.95 Å². The normalized spacial score (nSPS) is 14.7. The molecule has 29 heavy (non-hydrogen) atoms. The Kier molecular flexibility index (Phi) is 4.74. The minimum atomic E-state index is 0.280. The van der Waals surface area contributed by atoms with Gasteiger partial charge in [-0.1, -0.05) is 78.3 Å². The van der Waals surface area contributed by atoms with Crippen molar-refractivity contribution in [1.29, 1.82) is 0 Å². The van der Waals surface area contributed by atoms with E-state index in [1.54, 1.807) is 0 Å². The second-order valence-corrected chi connectivity index (χ2v) is 7.74. The van der Waals surface area contributed by atoms with Crippen LogP contribution in [0.1, 0.15) is 28.2 Å². The topological polar surface area (TPSA) is 37.8 Å². The first-order chi connectivity index (χ1) is 14.3. The Bertz CT molecular complexity index is 1140. The van der Waals surface area contributed by atoms with E-state index < -0.39 is 0 Å². The molecule has 0 spiro atoms. The van der Waals surface area contributed by atoms with Gasteiger partial charge in [0, 0.05) is 29.2 Å². The lowest BCUT2D eigenvalue weighted by Crippen LogP contribution is -2.15. The molecule has 1 N–H and O–H groups in total. The Morgan fingerprint density at radius 2 is 1.66 bits per heavy atom. The van der Waals surface area contributed by atoms with Crippen LogP contribution in [0.4, 0.5) is 5.95 Å². The molecule has 0 saturated carbocycles. The van der Waals surface area contributed by atoms with Crippen molar-refractivity contribution in [3.05, 3.63) is 112 Å². The van der Waals surface area contributed by atoms with Crippen molar-refractivity contribution in [2.45, 2.75) is 18.9 Å². The number of fused-ring (bicyclic) bond motifs is 3. The van der Waals surface area contributed by atoms with Crippen LogP contribution in [0.25, 0.3) is 11.3 Å². The monoisotopic (exact) mass is 397 g/mol. The average Bonchev–Trinajstić information content (AvgIpc) is 2.78. The van der Waals surface area contributed by atoms with Crippen LogP contribution < -0.4 is 5.32 Å². The highest BCUT2D eigenvalue weighted by Crippen LogP contribution is 2.41. The van der Waals surface area contributed by atoms with Gasteiger partial charge in [-0.15, -0.1) is 0 Å². The molecule has 1 aliphatic rings. The minimum absolute atomic E-state index is 0.280. The van der Waals surface area contributed by atoms with E-state index in [0.717, 1.165) is 17.1 Å². The number of halogens is 1. The Labute approximate surface area is 175 Å². The predicted molar refractivity (Wildman–Crippen MR) is 118 cm³/mol. The van der Waals surface area contributed by atoms with E-state index in [1.807, 2.05) is 36.5 Å². The lowest BCUT2D eigenvalue weighted by Gasteiger charge is -2.27. The third-order valence-corrected chi connectivity index (χ3v) is 5.70.